The number of benzene rings is 4. The molecule has 6 rings (SSSR count). The molecule has 1 fully saturated rings. The number of anilines is 1. The van der Waals surface area contributed by atoms with Crippen molar-refractivity contribution < 1.29 is 28.6 Å². The number of ketones is 1. The molecule has 2 heterocycles. The number of halogens is 1. The van der Waals surface area contributed by atoms with E-state index in [0.29, 0.717) is 28.0 Å². The van der Waals surface area contributed by atoms with Crippen LogP contribution in [-0.2, 0) is 15.3 Å². The van der Waals surface area contributed by atoms with Crippen molar-refractivity contribution in [1.29, 1.82) is 0 Å². The summed E-state index contributed by atoms with van der Waals surface area (Å²) in [6, 6.07) is 23.9. The standard InChI is InChI=1S/C33H26FN3O5S2/c1-3-42-23-14-11-20(12-15-23)28-27(29(38)21-13-16-26(41-2)25(34)17-21)30(39)31(40)37(28)32-35-36-33(44-32)43-18-22-9-6-8-19-7-4-5-10-24(19)22/h4-17,28,38H,3,18H2,1-2H3/b29-27-. The zero-order valence-electron chi connectivity index (χ0n) is 23.7. The Balaban J connectivity index is 1.37. The maximum absolute atomic E-state index is 14.6. The summed E-state index contributed by atoms with van der Waals surface area (Å²) in [6.45, 7) is 2.33. The molecule has 1 aliphatic heterocycles. The molecule has 8 nitrogen and oxygen atoms in total. The SMILES string of the molecule is CCOc1ccc(C2/C(=C(/O)c3ccc(OC)c(F)c3)C(=O)C(=O)N2c2nnc(SCc3cccc4ccccc34)s2)cc1. The van der Waals surface area contributed by atoms with E-state index in [-0.39, 0.29) is 22.0 Å². The van der Waals surface area contributed by atoms with Crippen molar-refractivity contribution in [3.05, 3.63) is 113 Å². The lowest BCUT2D eigenvalue weighted by Crippen LogP contribution is -2.29. The van der Waals surface area contributed by atoms with E-state index in [1.807, 2.05) is 25.1 Å². The number of thioether (sulfide) groups is 1. The van der Waals surface area contributed by atoms with Gasteiger partial charge < -0.3 is 14.6 Å². The average molecular weight is 628 g/mol. The summed E-state index contributed by atoms with van der Waals surface area (Å²) in [7, 11) is 1.33. The van der Waals surface area contributed by atoms with Crippen molar-refractivity contribution in [1.82, 2.24) is 10.2 Å². The first-order valence-corrected chi connectivity index (χ1v) is 15.5. The third-order valence-electron chi connectivity index (χ3n) is 7.21. The van der Waals surface area contributed by atoms with E-state index in [2.05, 4.69) is 34.5 Å². The Bertz CT molecular complexity index is 1900. The van der Waals surface area contributed by atoms with Gasteiger partial charge in [-0.3, -0.25) is 14.5 Å². The van der Waals surface area contributed by atoms with Gasteiger partial charge >= 0.3 is 5.91 Å². The van der Waals surface area contributed by atoms with E-state index >= 15 is 0 Å². The first-order valence-electron chi connectivity index (χ1n) is 13.7. The third kappa shape index (κ3) is 5.51. The molecule has 1 aromatic heterocycles. The molecule has 1 unspecified atom stereocenters. The summed E-state index contributed by atoms with van der Waals surface area (Å²) in [5.74, 6) is -1.82. The molecule has 0 spiro atoms. The second-order valence-electron chi connectivity index (χ2n) is 9.80. The Hall–Kier alpha value is -4.74. The zero-order chi connectivity index (χ0) is 30.8. The second-order valence-corrected chi connectivity index (χ2v) is 12.0. The van der Waals surface area contributed by atoms with Crippen LogP contribution >= 0.6 is 23.1 Å². The number of aliphatic hydroxyl groups excluding tert-OH is 1. The van der Waals surface area contributed by atoms with E-state index in [1.54, 1.807) is 24.3 Å². The highest BCUT2D eigenvalue weighted by molar-refractivity contribution is 8.00. The molecule has 1 amide bonds. The fourth-order valence-electron chi connectivity index (χ4n) is 5.14. The normalized spacial score (nSPS) is 16.1. The van der Waals surface area contributed by atoms with Crippen molar-refractivity contribution in [2.24, 2.45) is 0 Å². The average Bonchev–Trinajstić information content (AvgIpc) is 3.61. The Morgan fingerprint density at radius 3 is 2.55 bits per heavy atom. The monoisotopic (exact) mass is 627 g/mol. The van der Waals surface area contributed by atoms with Gasteiger partial charge in [0.25, 0.3) is 5.78 Å². The summed E-state index contributed by atoms with van der Waals surface area (Å²) in [5, 5.41) is 22.4. The van der Waals surface area contributed by atoms with Crippen LogP contribution in [0.3, 0.4) is 0 Å². The molecule has 0 bridgehead atoms. The number of hydrogen-bond acceptors (Lipinski definition) is 9. The molecule has 1 saturated heterocycles. The Labute approximate surface area is 260 Å². The van der Waals surface area contributed by atoms with Crippen LogP contribution in [0.15, 0.2) is 94.8 Å². The van der Waals surface area contributed by atoms with Crippen molar-refractivity contribution in [2.75, 3.05) is 18.6 Å². The predicted octanol–water partition coefficient (Wildman–Crippen LogP) is 7.16. The lowest BCUT2D eigenvalue weighted by Gasteiger charge is -2.22. The molecule has 11 heteroatoms. The number of methoxy groups -OCH3 is 1. The smallest absolute Gasteiger partial charge is 0.301 e. The molecule has 4 aromatic carbocycles. The molecule has 0 saturated carbocycles. The van der Waals surface area contributed by atoms with Crippen molar-refractivity contribution >= 4 is 56.5 Å². The molecule has 0 radical (unpaired) electrons. The number of hydrogen-bond donors (Lipinski definition) is 1. The van der Waals surface area contributed by atoms with Gasteiger partial charge in [0, 0.05) is 11.3 Å². The van der Waals surface area contributed by atoms with Gasteiger partial charge in [-0.15, -0.1) is 10.2 Å². The molecule has 1 N–H and O–H groups in total. The van der Waals surface area contributed by atoms with Crippen LogP contribution in [0, 0.1) is 5.82 Å². The summed E-state index contributed by atoms with van der Waals surface area (Å²) >= 11 is 2.65. The Kier molecular flexibility index (Phi) is 8.32. The van der Waals surface area contributed by atoms with Crippen molar-refractivity contribution in [3.8, 4) is 11.5 Å². The molecule has 222 valence electrons. The Morgan fingerprint density at radius 2 is 1.80 bits per heavy atom. The third-order valence-corrected chi connectivity index (χ3v) is 9.31. The molecule has 44 heavy (non-hydrogen) atoms. The summed E-state index contributed by atoms with van der Waals surface area (Å²) in [6.07, 6.45) is 0. The van der Waals surface area contributed by atoms with Gasteiger partial charge in [0.05, 0.1) is 25.3 Å². The van der Waals surface area contributed by atoms with Crippen LogP contribution in [-0.4, -0.2) is 40.7 Å². The number of Topliss-reactive ketones (excluding diaryl/α,β-unsaturated/α-hetero) is 1. The lowest BCUT2D eigenvalue weighted by molar-refractivity contribution is -0.132. The van der Waals surface area contributed by atoms with Gasteiger partial charge in [-0.2, -0.15) is 0 Å². The first-order chi connectivity index (χ1) is 21.4. The van der Waals surface area contributed by atoms with Crippen molar-refractivity contribution in [2.45, 2.75) is 23.1 Å². The lowest BCUT2D eigenvalue weighted by atomic mass is 9.95. The molecule has 1 aliphatic rings. The van der Waals surface area contributed by atoms with Gasteiger partial charge in [0.1, 0.15) is 11.5 Å². The number of rotatable bonds is 9. The predicted molar refractivity (Wildman–Crippen MR) is 169 cm³/mol. The topological polar surface area (TPSA) is 102 Å². The van der Waals surface area contributed by atoms with Gasteiger partial charge in [-0.25, -0.2) is 4.39 Å². The quantitative estimate of drug-likeness (QED) is 0.0604. The highest BCUT2D eigenvalue weighted by Gasteiger charge is 2.48. The number of aromatic nitrogens is 2. The van der Waals surface area contributed by atoms with Crippen LogP contribution in [0.5, 0.6) is 11.5 Å². The van der Waals surface area contributed by atoms with Crippen LogP contribution < -0.4 is 14.4 Å². The Morgan fingerprint density at radius 1 is 1.02 bits per heavy atom. The first kappa shape index (κ1) is 29.3. The maximum atomic E-state index is 14.6. The number of carbonyl (C=O) groups is 2. The molecule has 5 aromatic rings. The van der Waals surface area contributed by atoms with Gasteiger partial charge in [0.2, 0.25) is 5.13 Å². The number of nitrogens with zero attached hydrogens (tertiary/aromatic N) is 3. The summed E-state index contributed by atoms with van der Waals surface area (Å²) < 4.78 is 25.7. The largest absolute Gasteiger partial charge is 0.507 e. The second kappa shape index (κ2) is 12.5. The van der Waals surface area contributed by atoms with Crippen LogP contribution in [0.25, 0.3) is 16.5 Å². The highest BCUT2D eigenvalue weighted by Crippen LogP contribution is 2.44. The van der Waals surface area contributed by atoms with Crippen LogP contribution in [0.2, 0.25) is 0 Å². The van der Waals surface area contributed by atoms with Crippen LogP contribution in [0.1, 0.15) is 29.7 Å². The van der Waals surface area contributed by atoms with Gasteiger partial charge in [-0.1, -0.05) is 77.7 Å². The molecular weight excluding hydrogens is 602 g/mol. The van der Waals surface area contributed by atoms with Gasteiger partial charge in [-0.05, 0) is 59.2 Å². The molecular formula is C33H26FN3O5S2. The molecule has 1 atom stereocenters. The van der Waals surface area contributed by atoms with E-state index in [4.69, 9.17) is 9.47 Å². The minimum absolute atomic E-state index is 0.0209. The summed E-state index contributed by atoms with van der Waals surface area (Å²) in [5.41, 5.74) is 1.50. The minimum atomic E-state index is -1.04. The number of fused-ring (bicyclic) bond motifs is 1. The zero-order valence-corrected chi connectivity index (χ0v) is 25.3. The number of carbonyl (C=O) groups excluding carboxylic acids is 2. The van der Waals surface area contributed by atoms with Crippen molar-refractivity contribution in [3.63, 3.8) is 0 Å². The van der Waals surface area contributed by atoms with E-state index in [1.165, 1.54) is 47.2 Å². The van der Waals surface area contributed by atoms with E-state index in [9.17, 15) is 19.1 Å². The van der Waals surface area contributed by atoms with Gasteiger partial charge in [0.15, 0.2) is 15.9 Å². The fourth-order valence-corrected chi connectivity index (χ4v) is 7.01. The number of amides is 1. The highest BCUT2D eigenvalue weighted by atomic mass is 32.2. The van der Waals surface area contributed by atoms with E-state index < -0.39 is 29.3 Å². The number of ether oxygens (including phenoxy) is 2. The van der Waals surface area contributed by atoms with E-state index in [0.717, 1.165) is 22.4 Å². The summed E-state index contributed by atoms with van der Waals surface area (Å²) in [4.78, 5) is 28.3. The molecule has 0 aliphatic carbocycles. The minimum Gasteiger partial charge on any atom is -0.507 e. The maximum Gasteiger partial charge on any atom is 0.301 e. The number of aliphatic hydroxyl groups is 1. The fraction of sp³-hybridized carbons (Fsp3) is 0.152. The van der Waals surface area contributed by atoms with Crippen LogP contribution in [0.4, 0.5) is 9.52 Å².